The van der Waals surface area contributed by atoms with Gasteiger partial charge in [-0.05, 0) is 48.0 Å². The fourth-order valence-electron chi connectivity index (χ4n) is 2.33. The number of benzene rings is 3. The lowest BCUT2D eigenvalue weighted by Gasteiger charge is -2.10. The Hall–Kier alpha value is -3.26. The molecule has 0 spiro atoms. The summed E-state index contributed by atoms with van der Waals surface area (Å²) in [6.07, 6.45) is 1.59. The standard InChI is InChI=1S/C20H15BrFN3O3/c21-16-3-10-20(28-13-14-1-4-17(22)5-2-14)15(11-16)12-23-24-18-6-8-19(9-7-18)25(26)27/h1-12,24H,13H2. The number of hydrazone groups is 1. The Morgan fingerprint density at radius 1 is 1.11 bits per heavy atom. The van der Waals surface area contributed by atoms with E-state index in [1.165, 1.54) is 24.3 Å². The van der Waals surface area contributed by atoms with E-state index in [-0.39, 0.29) is 11.5 Å². The van der Waals surface area contributed by atoms with Gasteiger partial charge in [0.25, 0.3) is 5.69 Å². The second-order valence-electron chi connectivity index (χ2n) is 5.77. The van der Waals surface area contributed by atoms with E-state index in [4.69, 9.17) is 4.74 Å². The van der Waals surface area contributed by atoms with Gasteiger partial charge in [-0.15, -0.1) is 0 Å². The molecule has 0 saturated carbocycles. The van der Waals surface area contributed by atoms with Gasteiger partial charge < -0.3 is 4.74 Å². The van der Waals surface area contributed by atoms with Crippen molar-refractivity contribution in [3.05, 3.63) is 98.3 Å². The molecule has 0 saturated heterocycles. The maximum Gasteiger partial charge on any atom is 0.269 e. The first-order valence-electron chi connectivity index (χ1n) is 8.21. The Labute approximate surface area is 168 Å². The summed E-state index contributed by atoms with van der Waals surface area (Å²) in [5.41, 5.74) is 5.02. The molecule has 0 radical (unpaired) electrons. The number of non-ortho nitro benzene ring substituents is 1. The molecule has 3 aromatic rings. The van der Waals surface area contributed by atoms with Crippen molar-refractivity contribution in [1.29, 1.82) is 0 Å². The van der Waals surface area contributed by atoms with Crippen molar-refractivity contribution in [2.24, 2.45) is 5.10 Å². The molecule has 142 valence electrons. The van der Waals surface area contributed by atoms with Crippen molar-refractivity contribution in [1.82, 2.24) is 0 Å². The van der Waals surface area contributed by atoms with Crippen LogP contribution in [0.4, 0.5) is 15.8 Å². The van der Waals surface area contributed by atoms with Crippen LogP contribution in [-0.2, 0) is 6.61 Å². The molecular formula is C20H15BrFN3O3. The largest absolute Gasteiger partial charge is 0.488 e. The first-order valence-corrected chi connectivity index (χ1v) is 9.01. The topological polar surface area (TPSA) is 76.8 Å². The maximum atomic E-state index is 13.0. The predicted octanol–water partition coefficient (Wildman–Crippen LogP) is 5.52. The Morgan fingerprint density at radius 3 is 2.50 bits per heavy atom. The molecule has 0 aliphatic rings. The normalized spacial score (nSPS) is 10.8. The number of halogens is 2. The Morgan fingerprint density at radius 2 is 1.82 bits per heavy atom. The Bertz CT molecular complexity index is 993. The van der Waals surface area contributed by atoms with E-state index >= 15 is 0 Å². The number of rotatable bonds is 7. The summed E-state index contributed by atoms with van der Waals surface area (Å²) in [5, 5.41) is 14.8. The van der Waals surface area contributed by atoms with Gasteiger partial charge in [-0.2, -0.15) is 5.10 Å². The minimum atomic E-state index is -0.459. The van der Waals surface area contributed by atoms with Crippen LogP contribution in [0, 0.1) is 15.9 Å². The molecule has 0 bridgehead atoms. The third-order valence-corrected chi connectivity index (χ3v) is 4.25. The van der Waals surface area contributed by atoms with Crippen LogP contribution in [0.15, 0.2) is 76.3 Å². The van der Waals surface area contributed by atoms with Crippen LogP contribution in [0.25, 0.3) is 0 Å². The summed E-state index contributed by atoms with van der Waals surface area (Å²) in [4.78, 5) is 10.2. The lowest BCUT2D eigenvalue weighted by atomic mass is 10.2. The molecule has 0 aliphatic heterocycles. The first-order chi connectivity index (χ1) is 13.5. The molecule has 1 N–H and O–H groups in total. The molecule has 3 aromatic carbocycles. The molecule has 0 atom stereocenters. The maximum absolute atomic E-state index is 13.0. The molecule has 0 aliphatic carbocycles. The van der Waals surface area contributed by atoms with Crippen molar-refractivity contribution in [3.63, 3.8) is 0 Å². The molecule has 0 amide bonds. The van der Waals surface area contributed by atoms with Gasteiger partial charge in [0, 0.05) is 22.2 Å². The molecule has 8 heteroatoms. The number of nitrogens with one attached hydrogen (secondary N) is 1. The molecule has 0 heterocycles. The summed E-state index contributed by atoms with van der Waals surface area (Å²) >= 11 is 3.42. The third kappa shape index (κ3) is 5.37. The smallest absolute Gasteiger partial charge is 0.269 e. The van der Waals surface area contributed by atoms with Crippen LogP contribution >= 0.6 is 15.9 Å². The van der Waals surface area contributed by atoms with Crippen molar-refractivity contribution < 1.29 is 14.1 Å². The lowest BCUT2D eigenvalue weighted by Crippen LogP contribution is -1.99. The van der Waals surface area contributed by atoms with Crippen molar-refractivity contribution >= 4 is 33.5 Å². The number of hydrogen-bond acceptors (Lipinski definition) is 5. The number of ether oxygens (including phenoxy) is 1. The van der Waals surface area contributed by atoms with Gasteiger partial charge in [0.2, 0.25) is 0 Å². The Kier molecular flexibility index (Phi) is 6.33. The van der Waals surface area contributed by atoms with Crippen molar-refractivity contribution in [2.75, 3.05) is 5.43 Å². The number of nitrogens with zero attached hydrogens (tertiary/aromatic N) is 2. The van der Waals surface area contributed by atoms with E-state index in [1.54, 1.807) is 36.5 Å². The van der Waals surface area contributed by atoms with Crippen molar-refractivity contribution in [2.45, 2.75) is 6.61 Å². The number of anilines is 1. The summed E-state index contributed by atoms with van der Waals surface area (Å²) in [7, 11) is 0. The third-order valence-electron chi connectivity index (χ3n) is 3.75. The first kappa shape index (κ1) is 19.5. The molecule has 0 unspecified atom stereocenters. The molecule has 28 heavy (non-hydrogen) atoms. The van der Waals surface area contributed by atoms with Gasteiger partial charge in [0.05, 0.1) is 16.8 Å². The second kappa shape index (κ2) is 9.09. The highest BCUT2D eigenvalue weighted by atomic mass is 79.9. The van der Waals surface area contributed by atoms with E-state index in [1.807, 2.05) is 12.1 Å². The van der Waals surface area contributed by atoms with Gasteiger partial charge in [0.15, 0.2) is 0 Å². The monoisotopic (exact) mass is 443 g/mol. The molecular weight excluding hydrogens is 429 g/mol. The van der Waals surface area contributed by atoms with Crippen LogP contribution in [0.5, 0.6) is 5.75 Å². The highest BCUT2D eigenvalue weighted by Crippen LogP contribution is 2.23. The molecule has 0 fully saturated rings. The summed E-state index contributed by atoms with van der Waals surface area (Å²) in [5.74, 6) is 0.319. The fourth-order valence-corrected chi connectivity index (χ4v) is 2.71. The fraction of sp³-hybridized carbons (Fsp3) is 0.0500. The summed E-state index contributed by atoms with van der Waals surface area (Å²) < 4.78 is 19.7. The van der Waals surface area contributed by atoms with Crippen LogP contribution in [0.3, 0.4) is 0 Å². The summed E-state index contributed by atoms with van der Waals surface area (Å²) in [6.45, 7) is 0.290. The predicted molar refractivity (Wildman–Crippen MR) is 109 cm³/mol. The van der Waals surface area contributed by atoms with E-state index in [0.717, 1.165) is 15.6 Å². The van der Waals surface area contributed by atoms with E-state index in [9.17, 15) is 14.5 Å². The zero-order valence-corrected chi connectivity index (χ0v) is 16.1. The Balaban J connectivity index is 1.68. The van der Waals surface area contributed by atoms with Crippen LogP contribution in [-0.4, -0.2) is 11.1 Å². The summed E-state index contributed by atoms with van der Waals surface area (Å²) in [6, 6.07) is 17.5. The minimum Gasteiger partial charge on any atom is -0.488 e. The quantitative estimate of drug-likeness (QED) is 0.296. The lowest BCUT2D eigenvalue weighted by molar-refractivity contribution is -0.384. The molecule has 3 rings (SSSR count). The van der Waals surface area contributed by atoms with Gasteiger partial charge in [0.1, 0.15) is 18.2 Å². The van der Waals surface area contributed by atoms with Crippen LogP contribution in [0.1, 0.15) is 11.1 Å². The average molecular weight is 444 g/mol. The van der Waals surface area contributed by atoms with E-state index < -0.39 is 4.92 Å². The number of nitro groups is 1. The average Bonchev–Trinajstić information content (AvgIpc) is 2.69. The van der Waals surface area contributed by atoms with Gasteiger partial charge in [-0.1, -0.05) is 28.1 Å². The SMILES string of the molecule is O=[N+]([O-])c1ccc(NN=Cc2cc(Br)ccc2OCc2ccc(F)cc2)cc1. The van der Waals surface area contributed by atoms with Gasteiger partial charge in [-0.3, -0.25) is 15.5 Å². The van der Waals surface area contributed by atoms with Crippen molar-refractivity contribution in [3.8, 4) is 5.75 Å². The highest BCUT2D eigenvalue weighted by Gasteiger charge is 2.05. The number of hydrogen-bond donors (Lipinski definition) is 1. The highest BCUT2D eigenvalue weighted by molar-refractivity contribution is 9.10. The minimum absolute atomic E-state index is 0.0120. The van der Waals surface area contributed by atoms with Crippen LogP contribution < -0.4 is 10.2 Å². The second-order valence-corrected chi connectivity index (χ2v) is 6.69. The zero-order chi connectivity index (χ0) is 19.9. The van der Waals surface area contributed by atoms with Gasteiger partial charge >= 0.3 is 0 Å². The van der Waals surface area contributed by atoms with Crippen LogP contribution in [0.2, 0.25) is 0 Å². The zero-order valence-electron chi connectivity index (χ0n) is 14.5. The molecule has 6 nitrogen and oxygen atoms in total. The number of nitro benzene ring substituents is 1. The van der Waals surface area contributed by atoms with E-state index in [2.05, 4.69) is 26.5 Å². The van der Waals surface area contributed by atoms with E-state index in [0.29, 0.717) is 18.0 Å². The van der Waals surface area contributed by atoms with Gasteiger partial charge in [-0.25, -0.2) is 4.39 Å². The molecule has 0 aromatic heterocycles.